The molecule has 3 heteroatoms. The normalized spacial score (nSPS) is 23.6. The van der Waals surface area contributed by atoms with E-state index in [9.17, 15) is 5.11 Å². The van der Waals surface area contributed by atoms with E-state index in [1.54, 1.807) is 6.26 Å². The minimum atomic E-state index is -0.255. The first-order chi connectivity index (χ1) is 6.70. The maximum atomic E-state index is 9.54. The molecule has 0 saturated carbocycles. The molecule has 3 nitrogen and oxygen atoms in total. The lowest BCUT2D eigenvalue weighted by Gasteiger charge is -2.21. The van der Waals surface area contributed by atoms with E-state index in [2.05, 4.69) is 5.32 Å². The average Bonchev–Trinajstić information content (AvgIpc) is 2.19. The molecule has 0 radical (unpaired) electrons. The lowest BCUT2D eigenvalue weighted by molar-refractivity contribution is 0.0993. The topological polar surface area (TPSA) is 41.5 Å². The summed E-state index contributed by atoms with van der Waals surface area (Å²) in [6.07, 6.45) is 6.00. The van der Waals surface area contributed by atoms with Crippen LogP contribution in [0.15, 0.2) is 12.3 Å². The number of hydrogen-bond acceptors (Lipinski definition) is 3. The van der Waals surface area contributed by atoms with E-state index in [1.165, 1.54) is 0 Å². The Bertz CT molecular complexity index is 180. The first kappa shape index (κ1) is 11.5. The zero-order valence-corrected chi connectivity index (χ0v) is 9.07. The summed E-state index contributed by atoms with van der Waals surface area (Å²) in [5.74, 6) is 0.315. The molecule has 1 heterocycles. The third-order valence-electron chi connectivity index (χ3n) is 2.52. The van der Waals surface area contributed by atoms with Gasteiger partial charge < -0.3 is 15.2 Å². The highest BCUT2D eigenvalue weighted by atomic mass is 16.5. The number of rotatable bonds is 5. The van der Waals surface area contributed by atoms with Gasteiger partial charge in [0.1, 0.15) is 6.10 Å². The molecule has 0 aromatic rings. The Kier molecular flexibility index (Phi) is 4.98. The van der Waals surface area contributed by atoms with Crippen LogP contribution in [0.25, 0.3) is 0 Å². The number of aliphatic hydroxyl groups is 1. The Labute approximate surface area is 86.2 Å². The van der Waals surface area contributed by atoms with E-state index in [0.717, 1.165) is 19.4 Å². The van der Waals surface area contributed by atoms with Crippen LogP contribution in [0.2, 0.25) is 0 Å². The summed E-state index contributed by atoms with van der Waals surface area (Å²) in [6, 6.07) is 0. The number of ether oxygens (including phenoxy) is 1. The quantitative estimate of drug-likeness (QED) is 0.701. The van der Waals surface area contributed by atoms with Crippen molar-refractivity contribution >= 4 is 0 Å². The van der Waals surface area contributed by atoms with Crippen molar-refractivity contribution in [3.63, 3.8) is 0 Å². The fraction of sp³-hybridized carbons (Fsp3) is 0.818. The SMILES string of the molecule is CC(C)C(O)CNCC1CCC=CO1. The van der Waals surface area contributed by atoms with Gasteiger partial charge in [-0.15, -0.1) is 0 Å². The van der Waals surface area contributed by atoms with Crippen LogP contribution in [0, 0.1) is 5.92 Å². The van der Waals surface area contributed by atoms with E-state index in [0.29, 0.717) is 12.5 Å². The zero-order chi connectivity index (χ0) is 10.4. The van der Waals surface area contributed by atoms with Crippen LogP contribution < -0.4 is 5.32 Å². The maximum Gasteiger partial charge on any atom is 0.110 e. The molecular weight excluding hydrogens is 178 g/mol. The largest absolute Gasteiger partial charge is 0.497 e. The van der Waals surface area contributed by atoms with Crippen molar-refractivity contribution < 1.29 is 9.84 Å². The van der Waals surface area contributed by atoms with E-state index >= 15 is 0 Å². The Morgan fingerprint density at radius 2 is 2.36 bits per heavy atom. The van der Waals surface area contributed by atoms with Gasteiger partial charge in [-0.05, 0) is 24.8 Å². The second-order valence-corrected chi connectivity index (χ2v) is 4.18. The van der Waals surface area contributed by atoms with Crippen molar-refractivity contribution in [2.45, 2.75) is 38.9 Å². The van der Waals surface area contributed by atoms with Crippen molar-refractivity contribution in [1.82, 2.24) is 5.32 Å². The molecule has 1 rings (SSSR count). The predicted molar refractivity (Wildman–Crippen MR) is 57.0 cm³/mol. The first-order valence-corrected chi connectivity index (χ1v) is 5.39. The second-order valence-electron chi connectivity index (χ2n) is 4.18. The molecule has 0 amide bonds. The molecule has 2 unspecified atom stereocenters. The lowest BCUT2D eigenvalue weighted by Crippen LogP contribution is -2.36. The van der Waals surface area contributed by atoms with Crippen LogP contribution in [0.1, 0.15) is 26.7 Å². The lowest BCUT2D eigenvalue weighted by atomic mass is 10.1. The van der Waals surface area contributed by atoms with Gasteiger partial charge in [0.15, 0.2) is 0 Å². The molecule has 0 spiro atoms. The molecule has 2 N–H and O–H groups in total. The van der Waals surface area contributed by atoms with E-state index in [1.807, 2.05) is 19.9 Å². The number of aliphatic hydroxyl groups excluding tert-OH is 1. The molecule has 1 aliphatic heterocycles. The van der Waals surface area contributed by atoms with E-state index in [4.69, 9.17) is 4.74 Å². The number of allylic oxidation sites excluding steroid dienone is 1. The molecule has 1 aliphatic rings. The smallest absolute Gasteiger partial charge is 0.110 e. The van der Waals surface area contributed by atoms with Crippen LogP contribution in [-0.4, -0.2) is 30.4 Å². The molecule has 0 aromatic carbocycles. The van der Waals surface area contributed by atoms with Gasteiger partial charge in [-0.1, -0.05) is 13.8 Å². The van der Waals surface area contributed by atoms with Gasteiger partial charge in [-0.2, -0.15) is 0 Å². The summed E-state index contributed by atoms with van der Waals surface area (Å²) in [4.78, 5) is 0. The molecule has 0 saturated heterocycles. The van der Waals surface area contributed by atoms with Gasteiger partial charge in [-0.3, -0.25) is 0 Å². The summed E-state index contributed by atoms with van der Waals surface area (Å²) < 4.78 is 5.40. The van der Waals surface area contributed by atoms with E-state index in [-0.39, 0.29) is 12.2 Å². The van der Waals surface area contributed by atoms with Gasteiger partial charge in [-0.25, -0.2) is 0 Å². The van der Waals surface area contributed by atoms with E-state index < -0.39 is 0 Å². The van der Waals surface area contributed by atoms with Gasteiger partial charge in [0.2, 0.25) is 0 Å². The zero-order valence-electron chi connectivity index (χ0n) is 9.07. The second kappa shape index (κ2) is 6.04. The van der Waals surface area contributed by atoms with Gasteiger partial charge in [0.25, 0.3) is 0 Å². The molecule has 0 aliphatic carbocycles. The maximum absolute atomic E-state index is 9.54. The molecule has 0 bridgehead atoms. The highest BCUT2D eigenvalue weighted by Crippen LogP contribution is 2.09. The molecule has 0 aromatic heterocycles. The van der Waals surface area contributed by atoms with Crippen molar-refractivity contribution in [2.24, 2.45) is 5.92 Å². The summed E-state index contributed by atoms with van der Waals surface area (Å²) in [7, 11) is 0. The molecule has 0 fully saturated rings. The Morgan fingerprint density at radius 1 is 1.57 bits per heavy atom. The van der Waals surface area contributed by atoms with Gasteiger partial charge in [0, 0.05) is 13.1 Å². The average molecular weight is 199 g/mol. The van der Waals surface area contributed by atoms with Crippen LogP contribution in [0.3, 0.4) is 0 Å². The number of hydrogen-bond donors (Lipinski definition) is 2. The van der Waals surface area contributed by atoms with Crippen molar-refractivity contribution in [3.8, 4) is 0 Å². The summed E-state index contributed by atoms with van der Waals surface area (Å²) in [5, 5.41) is 12.8. The fourth-order valence-corrected chi connectivity index (χ4v) is 1.36. The summed E-state index contributed by atoms with van der Waals surface area (Å²) in [6.45, 7) is 5.52. The Hall–Kier alpha value is -0.540. The Morgan fingerprint density at radius 3 is 2.93 bits per heavy atom. The third kappa shape index (κ3) is 4.11. The highest BCUT2D eigenvalue weighted by Gasteiger charge is 2.12. The minimum absolute atomic E-state index is 0.255. The van der Waals surface area contributed by atoms with Crippen LogP contribution in [0.5, 0.6) is 0 Å². The van der Waals surface area contributed by atoms with Crippen molar-refractivity contribution in [1.29, 1.82) is 0 Å². The van der Waals surface area contributed by atoms with Crippen molar-refractivity contribution in [2.75, 3.05) is 13.1 Å². The van der Waals surface area contributed by atoms with Crippen LogP contribution in [-0.2, 0) is 4.74 Å². The minimum Gasteiger partial charge on any atom is -0.497 e. The third-order valence-corrected chi connectivity index (χ3v) is 2.52. The highest BCUT2D eigenvalue weighted by molar-refractivity contribution is 4.83. The van der Waals surface area contributed by atoms with Crippen LogP contribution in [0.4, 0.5) is 0 Å². The van der Waals surface area contributed by atoms with Crippen molar-refractivity contribution in [3.05, 3.63) is 12.3 Å². The fourth-order valence-electron chi connectivity index (χ4n) is 1.36. The molecule has 2 atom stereocenters. The Balaban J connectivity index is 2.06. The standard InChI is InChI=1S/C11H21NO2/c1-9(2)11(13)8-12-7-10-5-3-4-6-14-10/h4,6,9-13H,3,5,7-8H2,1-2H3. The summed E-state index contributed by atoms with van der Waals surface area (Å²) >= 11 is 0. The first-order valence-electron chi connectivity index (χ1n) is 5.39. The predicted octanol–water partition coefficient (Wildman–Crippen LogP) is 1.29. The van der Waals surface area contributed by atoms with Gasteiger partial charge >= 0.3 is 0 Å². The molecular formula is C11H21NO2. The summed E-state index contributed by atoms with van der Waals surface area (Å²) in [5.41, 5.74) is 0. The molecule has 14 heavy (non-hydrogen) atoms. The van der Waals surface area contributed by atoms with Crippen LogP contribution >= 0.6 is 0 Å². The number of nitrogens with one attached hydrogen (secondary N) is 1. The van der Waals surface area contributed by atoms with Gasteiger partial charge in [0.05, 0.1) is 12.4 Å². The molecule has 82 valence electrons. The monoisotopic (exact) mass is 199 g/mol.